The van der Waals surface area contributed by atoms with Crippen LogP contribution in [0.25, 0.3) is 0 Å². The Morgan fingerprint density at radius 3 is 2.85 bits per heavy atom. The Morgan fingerprint density at radius 1 is 1.50 bits per heavy atom. The number of aromatic nitrogens is 1. The minimum Gasteiger partial charge on any atom is -0.344 e. The van der Waals surface area contributed by atoms with Crippen molar-refractivity contribution in [1.82, 2.24) is 15.2 Å². The zero-order valence-corrected chi connectivity index (χ0v) is 13.0. The second kappa shape index (κ2) is 6.35. The maximum absolute atomic E-state index is 12.6. The molecule has 20 heavy (non-hydrogen) atoms. The van der Waals surface area contributed by atoms with Crippen LogP contribution in [0.4, 0.5) is 0 Å². The number of nitrogens with one attached hydrogen (secondary N) is 1. The molecular weight excluding hydrogens is 274 g/mol. The van der Waals surface area contributed by atoms with Gasteiger partial charge in [-0.2, -0.15) is 0 Å². The van der Waals surface area contributed by atoms with E-state index in [9.17, 15) is 9.59 Å². The molecule has 1 N–H and O–H groups in total. The topological polar surface area (TPSA) is 62.3 Å². The molecule has 110 valence electrons. The fourth-order valence-electron chi connectivity index (χ4n) is 2.48. The lowest BCUT2D eigenvalue weighted by molar-refractivity contribution is -0.135. The summed E-state index contributed by atoms with van der Waals surface area (Å²) in [6.07, 6.45) is 1.91. The van der Waals surface area contributed by atoms with E-state index in [1.54, 1.807) is 16.2 Å². The Kier molecular flexibility index (Phi) is 4.75. The minimum atomic E-state index is -0.391. The van der Waals surface area contributed by atoms with Gasteiger partial charge >= 0.3 is 0 Å². The summed E-state index contributed by atoms with van der Waals surface area (Å²) >= 11 is 1.58. The Bertz CT molecular complexity index is 500. The summed E-state index contributed by atoms with van der Waals surface area (Å²) in [5, 5.41) is 5.80. The summed E-state index contributed by atoms with van der Waals surface area (Å²) in [6, 6.07) is -0.483. The van der Waals surface area contributed by atoms with Gasteiger partial charge in [0.05, 0.1) is 17.2 Å². The van der Waals surface area contributed by atoms with Crippen LogP contribution >= 0.6 is 11.3 Å². The molecular formula is C14H21N3O2S. The van der Waals surface area contributed by atoms with Crippen LogP contribution in [0.1, 0.15) is 43.8 Å². The Morgan fingerprint density at radius 2 is 2.25 bits per heavy atom. The predicted molar refractivity (Wildman–Crippen MR) is 78.3 cm³/mol. The fourth-order valence-corrected chi connectivity index (χ4v) is 3.09. The smallest absolute Gasteiger partial charge is 0.245 e. The molecule has 0 bridgehead atoms. The molecule has 6 heteroatoms. The van der Waals surface area contributed by atoms with E-state index in [1.165, 1.54) is 0 Å². The highest BCUT2D eigenvalue weighted by atomic mass is 32.1. The molecule has 1 aromatic heterocycles. The normalized spacial score (nSPS) is 23.6. The SMILES string of the molecule is CCCC1NC(=O)CC(C)N(Cc2csc(C)n2)C1=O. The summed E-state index contributed by atoms with van der Waals surface area (Å²) in [7, 11) is 0. The molecule has 1 fully saturated rings. The molecule has 2 heterocycles. The second-order valence-electron chi connectivity index (χ2n) is 5.29. The molecule has 0 aliphatic carbocycles. The summed E-state index contributed by atoms with van der Waals surface area (Å²) in [5.41, 5.74) is 0.900. The van der Waals surface area contributed by atoms with Crippen LogP contribution < -0.4 is 5.32 Å². The number of carbonyl (C=O) groups excluding carboxylic acids is 2. The van der Waals surface area contributed by atoms with E-state index in [1.807, 2.05) is 26.2 Å². The first-order valence-electron chi connectivity index (χ1n) is 7.02. The molecule has 2 amide bonds. The Balaban J connectivity index is 2.18. The molecule has 1 aliphatic heterocycles. The average Bonchev–Trinajstić information content (AvgIpc) is 2.76. The summed E-state index contributed by atoms with van der Waals surface area (Å²) in [5.74, 6) is -0.0305. The average molecular weight is 295 g/mol. The molecule has 0 radical (unpaired) electrons. The van der Waals surface area contributed by atoms with Crippen molar-refractivity contribution < 1.29 is 9.59 Å². The maximum Gasteiger partial charge on any atom is 0.245 e. The van der Waals surface area contributed by atoms with Crippen molar-refractivity contribution in [3.05, 3.63) is 16.1 Å². The summed E-state index contributed by atoms with van der Waals surface area (Å²) in [4.78, 5) is 30.6. The van der Waals surface area contributed by atoms with E-state index in [0.717, 1.165) is 17.1 Å². The van der Waals surface area contributed by atoms with Crippen LogP contribution in [-0.4, -0.2) is 33.8 Å². The van der Waals surface area contributed by atoms with Crippen molar-refractivity contribution >= 4 is 23.2 Å². The molecule has 1 aromatic rings. The first-order chi connectivity index (χ1) is 9.51. The Labute approximate surface area is 123 Å². The lowest BCUT2D eigenvalue weighted by Crippen LogP contribution is -2.45. The van der Waals surface area contributed by atoms with Crippen molar-refractivity contribution in [3.8, 4) is 0 Å². The number of thiazole rings is 1. The molecule has 1 aliphatic rings. The van der Waals surface area contributed by atoms with Crippen LogP contribution in [0, 0.1) is 6.92 Å². The van der Waals surface area contributed by atoms with E-state index < -0.39 is 6.04 Å². The molecule has 0 saturated carbocycles. The molecule has 1 saturated heterocycles. The maximum atomic E-state index is 12.6. The van der Waals surface area contributed by atoms with Gasteiger partial charge in [0.15, 0.2) is 0 Å². The lowest BCUT2D eigenvalue weighted by atomic mass is 10.1. The number of rotatable bonds is 4. The fraction of sp³-hybridized carbons (Fsp3) is 0.643. The number of hydrogen-bond acceptors (Lipinski definition) is 4. The molecule has 0 aromatic carbocycles. The third-order valence-corrected chi connectivity index (χ3v) is 4.33. The first-order valence-corrected chi connectivity index (χ1v) is 7.90. The molecule has 0 spiro atoms. The molecule has 2 atom stereocenters. The number of nitrogens with zero attached hydrogens (tertiary/aromatic N) is 2. The predicted octanol–water partition coefficient (Wildman–Crippen LogP) is 1.86. The van der Waals surface area contributed by atoms with Gasteiger partial charge in [0.25, 0.3) is 0 Å². The zero-order valence-electron chi connectivity index (χ0n) is 12.2. The third kappa shape index (κ3) is 3.36. The number of aryl methyl sites for hydroxylation is 1. The van der Waals surface area contributed by atoms with Gasteiger partial charge in [-0.05, 0) is 20.3 Å². The van der Waals surface area contributed by atoms with Gasteiger partial charge in [0, 0.05) is 17.8 Å². The van der Waals surface area contributed by atoms with Gasteiger partial charge in [-0.15, -0.1) is 11.3 Å². The van der Waals surface area contributed by atoms with Gasteiger partial charge in [-0.25, -0.2) is 4.98 Å². The zero-order chi connectivity index (χ0) is 14.7. The monoisotopic (exact) mass is 295 g/mol. The van der Waals surface area contributed by atoms with Crippen molar-refractivity contribution in [1.29, 1.82) is 0 Å². The van der Waals surface area contributed by atoms with Crippen LogP contribution in [0.2, 0.25) is 0 Å². The van der Waals surface area contributed by atoms with Gasteiger partial charge in [0.1, 0.15) is 6.04 Å². The number of amides is 2. The number of hydrogen-bond donors (Lipinski definition) is 1. The second-order valence-corrected chi connectivity index (χ2v) is 6.35. The van der Waals surface area contributed by atoms with E-state index in [-0.39, 0.29) is 17.9 Å². The van der Waals surface area contributed by atoms with E-state index in [2.05, 4.69) is 10.3 Å². The van der Waals surface area contributed by atoms with Crippen LogP contribution in [-0.2, 0) is 16.1 Å². The summed E-state index contributed by atoms with van der Waals surface area (Å²) in [6.45, 7) is 6.37. The molecule has 5 nitrogen and oxygen atoms in total. The van der Waals surface area contributed by atoms with Crippen LogP contribution in [0.5, 0.6) is 0 Å². The molecule has 2 unspecified atom stereocenters. The summed E-state index contributed by atoms with van der Waals surface area (Å²) < 4.78 is 0. The first kappa shape index (κ1) is 15.0. The van der Waals surface area contributed by atoms with Crippen molar-refractivity contribution in [2.75, 3.05) is 0 Å². The largest absolute Gasteiger partial charge is 0.344 e. The van der Waals surface area contributed by atoms with Gasteiger partial charge in [0.2, 0.25) is 11.8 Å². The highest BCUT2D eigenvalue weighted by Gasteiger charge is 2.33. The van der Waals surface area contributed by atoms with Crippen LogP contribution in [0.3, 0.4) is 0 Å². The molecule has 2 rings (SSSR count). The van der Waals surface area contributed by atoms with E-state index in [4.69, 9.17) is 0 Å². The minimum absolute atomic E-state index is 0.0100. The van der Waals surface area contributed by atoms with E-state index in [0.29, 0.717) is 19.4 Å². The standard InChI is InChI=1S/C14H21N3O2S/c1-4-5-12-14(19)17(9(2)6-13(18)16-12)7-11-8-20-10(3)15-11/h8-9,12H,4-7H2,1-3H3,(H,16,18). The number of carbonyl (C=O) groups is 2. The van der Waals surface area contributed by atoms with E-state index >= 15 is 0 Å². The van der Waals surface area contributed by atoms with Gasteiger partial charge in [-0.1, -0.05) is 13.3 Å². The van der Waals surface area contributed by atoms with Gasteiger partial charge in [-0.3, -0.25) is 9.59 Å². The van der Waals surface area contributed by atoms with Crippen molar-refractivity contribution in [2.24, 2.45) is 0 Å². The lowest BCUT2D eigenvalue weighted by Gasteiger charge is -2.28. The van der Waals surface area contributed by atoms with Crippen LogP contribution in [0.15, 0.2) is 5.38 Å². The third-order valence-electron chi connectivity index (χ3n) is 3.51. The highest BCUT2D eigenvalue weighted by Crippen LogP contribution is 2.18. The van der Waals surface area contributed by atoms with Crippen molar-refractivity contribution in [2.45, 2.75) is 58.7 Å². The Hall–Kier alpha value is -1.43. The quantitative estimate of drug-likeness (QED) is 0.922. The highest BCUT2D eigenvalue weighted by molar-refractivity contribution is 7.09. The van der Waals surface area contributed by atoms with Gasteiger partial charge < -0.3 is 10.2 Å². The van der Waals surface area contributed by atoms with Crippen molar-refractivity contribution in [3.63, 3.8) is 0 Å².